The van der Waals surface area contributed by atoms with E-state index >= 15 is 0 Å². The number of hydrogen-bond acceptors (Lipinski definition) is 16. The van der Waals surface area contributed by atoms with E-state index in [-0.39, 0.29) is 139 Å². The minimum Gasteiger partial charge on any atom is -0.408 e. The number of aliphatic hydroxyl groups excluding tert-OH is 1. The van der Waals surface area contributed by atoms with Gasteiger partial charge in [-0.3, -0.25) is 0 Å². The molecule has 0 saturated carbocycles. The zero-order valence-electron chi connectivity index (χ0n) is 84.8. The van der Waals surface area contributed by atoms with E-state index in [4.69, 9.17) is 64.5 Å². The highest BCUT2D eigenvalue weighted by molar-refractivity contribution is 14.1. The predicted octanol–water partition coefficient (Wildman–Crippen LogP) is 27.4. The Morgan fingerprint density at radius 1 is 0.439 bits per heavy atom. The van der Waals surface area contributed by atoms with Crippen LogP contribution in [-0.2, 0) is 69.2 Å². The van der Waals surface area contributed by atoms with Crippen molar-refractivity contribution >= 4 is 124 Å². The molecule has 8 aliphatic rings. The summed E-state index contributed by atoms with van der Waals surface area (Å²) in [5, 5.41) is 11.9. The van der Waals surface area contributed by atoms with Crippen LogP contribution in [0.4, 0.5) is 0 Å². The third-order valence-electron chi connectivity index (χ3n) is 31.8. The number of rotatable bonds is 35. The van der Waals surface area contributed by atoms with E-state index in [1.807, 2.05) is 6.08 Å². The number of ether oxygens (including phenoxy) is 8. The molecule has 8 rings (SSSR count). The number of carbonyl (C=O) groups excluding carboxylic acids is 1. The van der Waals surface area contributed by atoms with Gasteiger partial charge in [0, 0.05) is 28.1 Å². The normalized spacial score (nSPS) is 33.0. The van der Waals surface area contributed by atoms with Crippen LogP contribution in [0.15, 0.2) is 46.6 Å². The number of allylic oxidation sites excluding steroid dienone is 2. The second kappa shape index (κ2) is 45.7. The average molecular weight is 2170 g/mol. The summed E-state index contributed by atoms with van der Waals surface area (Å²) in [4.78, 5) is 10.6. The van der Waals surface area contributed by atoms with Crippen LogP contribution in [0.25, 0.3) is 0 Å². The van der Waals surface area contributed by atoms with Crippen molar-refractivity contribution < 1.29 is 74.4 Å². The first-order valence-electron chi connectivity index (χ1n) is 48.1. The van der Waals surface area contributed by atoms with Crippen LogP contribution >= 0.6 is 67.8 Å². The smallest absolute Gasteiger partial charge is 0.193 e. The van der Waals surface area contributed by atoms with Gasteiger partial charge >= 0.3 is 0 Å². The number of hydrogen-bond donors (Lipinski definition) is 1. The summed E-state index contributed by atoms with van der Waals surface area (Å²) in [7, 11) is -13.6. The van der Waals surface area contributed by atoms with Crippen LogP contribution in [0.5, 0.6) is 0 Å². The van der Waals surface area contributed by atoms with E-state index in [1.54, 1.807) is 0 Å². The molecule has 0 radical (unpaired) electrons. The third kappa shape index (κ3) is 30.0. The summed E-state index contributed by atoms with van der Waals surface area (Å²) < 4.78 is 103. The summed E-state index contributed by atoms with van der Waals surface area (Å²) in [6.45, 7) is 91.0. The van der Waals surface area contributed by atoms with Crippen molar-refractivity contribution in [3.05, 3.63) is 46.6 Å². The molecule has 0 spiro atoms. The molecule has 25 heteroatoms. The number of aldehydes is 1. The quantitative estimate of drug-likeness (QED) is 0.0209. The molecule has 123 heavy (non-hydrogen) atoms. The highest BCUT2D eigenvalue weighted by Crippen LogP contribution is 2.53. The van der Waals surface area contributed by atoms with Crippen LogP contribution in [0.2, 0.25) is 109 Å². The van der Waals surface area contributed by atoms with E-state index in [2.05, 4.69) is 342 Å². The molecule has 0 bridgehead atoms. The Bertz CT molecular complexity index is 3340. The molecule has 8 heterocycles. The van der Waals surface area contributed by atoms with Gasteiger partial charge in [0.1, 0.15) is 66.3 Å². The van der Waals surface area contributed by atoms with Gasteiger partial charge in [-0.25, -0.2) is 0 Å². The zero-order chi connectivity index (χ0) is 93.4. The van der Waals surface area contributed by atoms with Crippen molar-refractivity contribution in [2.24, 2.45) is 11.8 Å². The molecule has 1 unspecified atom stereocenters. The number of halogens is 3. The van der Waals surface area contributed by atoms with Crippen LogP contribution < -0.4 is 0 Å². The number of aliphatic hydroxyl groups is 1. The fourth-order valence-corrected chi connectivity index (χ4v) is 27.1. The topological polar surface area (TPSA) is 167 Å². The largest absolute Gasteiger partial charge is 0.408 e. The van der Waals surface area contributed by atoms with Gasteiger partial charge in [0.25, 0.3) is 0 Å². The fourth-order valence-electron chi connectivity index (χ4n) is 17.1. The van der Waals surface area contributed by atoms with Gasteiger partial charge in [-0.05, 0) is 241 Å². The van der Waals surface area contributed by atoms with Gasteiger partial charge in [-0.1, -0.05) is 269 Å². The Kier molecular flexibility index (Phi) is 42.0. The molecule has 16 nitrogen and oxygen atoms in total. The van der Waals surface area contributed by atoms with E-state index in [0.29, 0.717) is 30.8 Å². The molecule has 0 aromatic heterocycles. The summed E-state index contributed by atoms with van der Waals surface area (Å²) in [6.07, 6.45) is 24.0. The monoisotopic (exact) mass is 2170 g/mol. The Balaban J connectivity index is 0.000000322. The Hall–Kier alpha value is 1.52. The number of fused-ring (bicyclic) bond motifs is 4. The zero-order valence-corrected chi connectivity index (χ0v) is 97.3. The van der Waals surface area contributed by atoms with Crippen LogP contribution in [0.3, 0.4) is 0 Å². The van der Waals surface area contributed by atoms with Crippen LogP contribution in [0.1, 0.15) is 295 Å². The van der Waals surface area contributed by atoms with Crippen molar-refractivity contribution in [1.82, 2.24) is 0 Å². The van der Waals surface area contributed by atoms with E-state index in [0.717, 1.165) is 131 Å². The first kappa shape index (κ1) is 113. The van der Waals surface area contributed by atoms with Gasteiger partial charge in [0.05, 0.1) is 79.4 Å². The lowest BCUT2D eigenvalue weighted by molar-refractivity contribution is -0.267. The lowest BCUT2D eigenvalue weighted by atomic mass is 9.85. The lowest BCUT2D eigenvalue weighted by Gasteiger charge is -2.56. The van der Waals surface area contributed by atoms with Crippen molar-refractivity contribution in [2.75, 3.05) is 8.86 Å². The molecule has 0 aromatic rings. The summed E-state index contributed by atoms with van der Waals surface area (Å²) in [5.41, 5.74) is 2.06. The van der Waals surface area contributed by atoms with Crippen LogP contribution in [-0.4, -0.2) is 210 Å². The summed E-state index contributed by atoms with van der Waals surface area (Å²) >= 11 is 7.25. The molecule has 0 amide bonds. The van der Waals surface area contributed by atoms with Crippen molar-refractivity contribution in [3.8, 4) is 0 Å². The van der Waals surface area contributed by atoms with Gasteiger partial charge in [0.2, 0.25) is 0 Å². The minimum absolute atomic E-state index is 0.00936. The molecule has 0 aromatic carbocycles. The number of carbonyl (C=O) groups is 1. The maximum Gasteiger partial charge on any atom is 0.193 e. The Morgan fingerprint density at radius 2 is 0.764 bits per heavy atom. The predicted molar refractivity (Wildman–Crippen MR) is 553 cm³/mol. The Morgan fingerprint density at radius 3 is 1.07 bits per heavy atom. The highest BCUT2D eigenvalue weighted by atomic mass is 127. The maximum absolute atomic E-state index is 11.8. The van der Waals surface area contributed by atoms with Crippen molar-refractivity contribution in [3.63, 3.8) is 0 Å². The minimum atomic E-state index is -2.39. The molecule has 0 aliphatic carbocycles. The molecular formula is C98H185I3O16Si6. The summed E-state index contributed by atoms with van der Waals surface area (Å²) in [5.74, 6) is 0.947. The van der Waals surface area contributed by atoms with Crippen molar-refractivity contribution in [1.29, 1.82) is 0 Å². The van der Waals surface area contributed by atoms with E-state index in [9.17, 15) is 9.90 Å². The molecule has 25 atom stereocenters. The molecule has 8 fully saturated rings. The molecule has 8 saturated heterocycles. The summed E-state index contributed by atoms with van der Waals surface area (Å²) in [6, 6.07) is 0. The SMILES string of the molecule is C=C(C)[C@H](C)C[C@H]1CC[C@@H]2O[C@@H](CCC(O)/C=C/[C@H](O[Si](C)(C)C(C)(C)C)[C@@H]3O[C@H]4CC[C@H](CCC)O[C@@H]4[C@H](O[Si](C)(C)C(C)(C)C)[C@@H]3O[Si](C)(C)C(C)(C)C)C[C@]2(CI)O1.C=C(C)[C@H](C)C[C@H]1CC[C@@H]2O[C@@H](CCC=O)C[C@]2(CI)O1.CCC[C@H]1CC[C@@H]2O[C@@H]([C@H](/C=C/I)O[Si](C)(C)C(C)(C)C)[C@@H](O[Si](C)(C)C(C)(C)C)[C@@H](O[Si](C)(C)C(C)(C)C)[C@H]2O1. The average Bonchev–Trinajstić information content (AvgIpc) is 1.52. The first-order valence-corrected chi connectivity index (χ1v) is 69.8. The molecular weight excluding hydrogens is 1980 g/mol. The molecule has 1 N–H and O–H groups in total. The van der Waals surface area contributed by atoms with Gasteiger partial charge in [0.15, 0.2) is 49.9 Å². The lowest BCUT2D eigenvalue weighted by Crippen LogP contribution is -2.69. The molecule has 718 valence electrons. The second-order valence-corrected chi connectivity index (χ2v) is 78.8. The Labute approximate surface area is 801 Å². The van der Waals surface area contributed by atoms with Gasteiger partial charge in [-0.2, -0.15) is 0 Å². The first-order chi connectivity index (χ1) is 56.3. The molecule has 8 aliphatic heterocycles. The van der Waals surface area contributed by atoms with Gasteiger partial charge < -0.3 is 74.4 Å². The standard InChI is InChI=1S/C49H93IO8Si3.C32H65IO5Si3.C17H27IO3/c1-20-21-36-25-28-39-42(53-36)44(57-60(16,17)47(8,9)10)45(58-61(18,19)48(11,12)13)43(54-39)40(56-59(14,15)46(5,6)7)27-23-35(51)22-24-38-31-49(32-50)41(52-38)29-26-37(55-49)30-34(4)33(2)3;1-17-18-23-19-20-24-26(34-23)28(37-40(13,14)31(5,6)7)29(38-41(15,16)32(8,9)10)27(35-24)25(21-22-33)36-39(11,12)30(2,3)4;1-12(2)13(3)9-14-6-7-16-17(11-18,21-14)10-15(20-16)5-4-8-19/h23,27,34-45,51H,2,20-22,24-26,28-32H2,1,3-19H3;21-29H,17-20H2,1-16H3;8,13-16H,1,4-7,9-11H2,2-3H3/b27-23+;22-21+;/t34-,35?,36+,37-,38+,39+,40+,41+,42+,43+,44+,45-,49-;23-,24-,25-,26-,27-,28-,29+;13-,14-,15+,16+,17-/m101/s1. The fraction of sp³-hybridized carbons (Fsp3) is 0.908. The highest BCUT2D eigenvalue weighted by Gasteiger charge is 2.62. The van der Waals surface area contributed by atoms with E-state index in [1.165, 1.54) is 11.1 Å². The number of alkyl halides is 2. The second-order valence-electron chi connectivity index (χ2n) is 48.0. The van der Waals surface area contributed by atoms with Crippen LogP contribution in [0, 0.1) is 11.8 Å². The van der Waals surface area contributed by atoms with E-state index < -0.39 is 74.3 Å². The van der Waals surface area contributed by atoms with Gasteiger partial charge in [-0.15, -0.1) is 0 Å². The maximum atomic E-state index is 11.8. The third-order valence-corrected chi connectivity index (χ3v) is 61.6. The van der Waals surface area contributed by atoms with Crippen molar-refractivity contribution in [2.45, 2.75) is 543 Å².